The molecule has 0 unspecified atom stereocenters. The average molecular weight is 379 g/mol. The van der Waals surface area contributed by atoms with E-state index < -0.39 is 6.04 Å². The molecule has 0 aliphatic carbocycles. The number of carbonyl (C=O) groups is 2. The van der Waals surface area contributed by atoms with Crippen LogP contribution >= 0.6 is 0 Å². The number of β-lactam (4-membered cyclic amide) rings is 1. The molecule has 2 N–H and O–H groups in total. The lowest BCUT2D eigenvalue weighted by Gasteiger charge is -2.37. The van der Waals surface area contributed by atoms with Crippen LogP contribution in [0.1, 0.15) is 18.0 Å². The molecule has 0 radical (unpaired) electrons. The summed E-state index contributed by atoms with van der Waals surface area (Å²) < 4.78 is 10.6. The second kappa shape index (κ2) is 7.26. The molecule has 7 heteroatoms. The number of H-pyrrole nitrogens is 1. The molecule has 144 valence electrons. The number of nitrogens with one attached hydrogen (secondary N) is 2. The Balaban J connectivity index is 1.74. The van der Waals surface area contributed by atoms with Gasteiger partial charge in [-0.1, -0.05) is 12.1 Å². The van der Waals surface area contributed by atoms with Gasteiger partial charge in [-0.05, 0) is 30.3 Å². The number of aromatic amines is 1. The number of carbonyl (C=O) groups excluding carboxylic acids is 2. The zero-order valence-corrected chi connectivity index (χ0v) is 15.7. The maximum absolute atomic E-state index is 13.3. The Morgan fingerprint density at radius 3 is 2.68 bits per heavy atom. The van der Waals surface area contributed by atoms with Crippen LogP contribution in [0.3, 0.4) is 0 Å². The van der Waals surface area contributed by atoms with Gasteiger partial charge < -0.3 is 24.7 Å². The number of hydrogen-bond donors (Lipinski definition) is 2. The number of hydrogen-bond acceptors (Lipinski definition) is 4. The summed E-state index contributed by atoms with van der Waals surface area (Å²) in [4.78, 5) is 30.2. The number of fused-ring (bicyclic) bond motifs is 1. The lowest BCUT2D eigenvalue weighted by molar-refractivity contribution is -0.147. The van der Waals surface area contributed by atoms with Crippen molar-refractivity contribution in [3.63, 3.8) is 0 Å². The second-order valence-corrected chi connectivity index (χ2v) is 6.58. The predicted molar refractivity (Wildman–Crippen MR) is 106 cm³/mol. The Hall–Kier alpha value is -3.48. The molecule has 1 saturated heterocycles. The molecule has 1 aliphatic rings. The normalized spacial score (nSPS) is 14.5. The van der Waals surface area contributed by atoms with Crippen LogP contribution in [0.5, 0.6) is 11.5 Å². The average Bonchev–Trinajstić information content (AvgIpc) is 3.13. The van der Waals surface area contributed by atoms with Crippen molar-refractivity contribution in [3.05, 3.63) is 54.2 Å². The van der Waals surface area contributed by atoms with E-state index in [-0.39, 0.29) is 11.8 Å². The molecule has 2 aromatic carbocycles. The van der Waals surface area contributed by atoms with Crippen LogP contribution in [-0.2, 0) is 9.59 Å². The van der Waals surface area contributed by atoms with Crippen LogP contribution in [0.25, 0.3) is 10.9 Å². The first-order valence-corrected chi connectivity index (χ1v) is 9.00. The molecule has 1 fully saturated rings. The summed E-state index contributed by atoms with van der Waals surface area (Å²) >= 11 is 0. The van der Waals surface area contributed by atoms with Crippen molar-refractivity contribution in [3.8, 4) is 11.5 Å². The Bertz CT molecular complexity index is 1040. The van der Waals surface area contributed by atoms with Gasteiger partial charge in [0.1, 0.15) is 17.5 Å². The number of benzene rings is 2. The van der Waals surface area contributed by atoms with Crippen molar-refractivity contribution < 1.29 is 19.1 Å². The highest BCUT2D eigenvalue weighted by atomic mass is 16.5. The van der Waals surface area contributed by atoms with Crippen molar-refractivity contribution >= 4 is 28.4 Å². The van der Waals surface area contributed by atoms with Gasteiger partial charge in [-0.15, -0.1) is 0 Å². The number of para-hydroxylation sites is 2. The fraction of sp³-hybridized carbons (Fsp3) is 0.238. The monoisotopic (exact) mass is 379 g/mol. The van der Waals surface area contributed by atoms with Gasteiger partial charge in [0.15, 0.2) is 0 Å². The van der Waals surface area contributed by atoms with Crippen LogP contribution in [-0.4, -0.2) is 42.5 Å². The van der Waals surface area contributed by atoms with E-state index in [4.69, 9.17) is 9.47 Å². The highest BCUT2D eigenvalue weighted by Crippen LogP contribution is 2.35. The summed E-state index contributed by atoms with van der Waals surface area (Å²) in [5.74, 6) is 0.913. The first-order valence-electron chi connectivity index (χ1n) is 9.00. The van der Waals surface area contributed by atoms with Crippen LogP contribution < -0.4 is 14.8 Å². The van der Waals surface area contributed by atoms with E-state index in [1.54, 1.807) is 37.4 Å². The third-order valence-corrected chi connectivity index (χ3v) is 5.03. The highest BCUT2D eigenvalue weighted by Gasteiger charge is 2.38. The molecule has 1 atom stereocenters. The molecule has 1 aliphatic heterocycles. The smallest absolute Gasteiger partial charge is 0.252 e. The standard InChI is InChI=1S/C21H21N3O4/c1-27-13-7-8-16-14(11-13)15(12-22-16)20(24-10-9-19(24)25)21(26)23-17-5-3-4-6-18(17)28-2/h3-8,11-12,20,22H,9-10H2,1-2H3,(H,23,26)/t20-/m0/s1. The van der Waals surface area contributed by atoms with E-state index in [1.165, 1.54) is 0 Å². The maximum Gasteiger partial charge on any atom is 0.252 e. The second-order valence-electron chi connectivity index (χ2n) is 6.58. The number of rotatable bonds is 6. The Morgan fingerprint density at radius 1 is 1.18 bits per heavy atom. The first kappa shape index (κ1) is 17.9. The van der Waals surface area contributed by atoms with Crippen LogP contribution in [0.15, 0.2) is 48.7 Å². The number of anilines is 1. The van der Waals surface area contributed by atoms with Gasteiger partial charge >= 0.3 is 0 Å². The third kappa shape index (κ3) is 3.05. The van der Waals surface area contributed by atoms with E-state index in [0.29, 0.717) is 30.2 Å². The minimum atomic E-state index is -0.744. The van der Waals surface area contributed by atoms with Crippen LogP contribution in [0.2, 0.25) is 0 Å². The fourth-order valence-electron chi connectivity index (χ4n) is 3.48. The minimum Gasteiger partial charge on any atom is -0.497 e. The van der Waals surface area contributed by atoms with Gasteiger partial charge in [0.2, 0.25) is 5.91 Å². The summed E-state index contributed by atoms with van der Waals surface area (Å²) in [6.45, 7) is 0.541. The highest BCUT2D eigenvalue weighted by molar-refractivity contribution is 6.02. The van der Waals surface area contributed by atoms with Crippen molar-refractivity contribution in [2.45, 2.75) is 12.5 Å². The zero-order valence-electron chi connectivity index (χ0n) is 15.7. The van der Waals surface area contributed by atoms with E-state index in [2.05, 4.69) is 10.3 Å². The Kier molecular flexibility index (Phi) is 4.65. The van der Waals surface area contributed by atoms with Gasteiger partial charge in [0.05, 0.1) is 19.9 Å². The SMILES string of the molecule is COc1ccc2[nH]cc([C@@H](C(=O)Nc3ccccc3OC)N3CCC3=O)c2c1. The molecular weight excluding hydrogens is 358 g/mol. The van der Waals surface area contributed by atoms with Gasteiger partial charge in [-0.25, -0.2) is 0 Å². The summed E-state index contributed by atoms with van der Waals surface area (Å²) in [5, 5.41) is 3.76. The molecule has 2 amide bonds. The minimum absolute atomic E-state index is 0.0441. The number of aromatic nitrogens is 1. The molecule has 7 nitrogen and oxygen atoms in total. The van der Waals surface area contributed by atoms with E-state index in [0.717, 1.165) is 16.5 Å². The van der Waals surface area contributed by atoms with Crippen molar-refractivity contribution in [1.29, 1.82) is 0 Å². The molecule has 0 bridgehead atoms. The quantitative estimate of drug-likeness (QED) is 0.645. The maximum atomic E-state index is 13.3. The van der Waals surface area contributed by atoms with E-state index in [9.17, 15) is 9.59 Å². The van der Waals surface area contributed by atoms with Gasteiger partial charge in [-0.2, -0.15) is 0 Å². The molecule has 4 rings (SSSR count). The van der Waals surface area contributed by atoms with Crippen LogP contribution in [0, 0.1) is 0 Å². The fourth-order valence-corrected chi connectivity index (χ4v) is 3.48. The number of nitrogens with zero attached hydrogens (tertiary/aromatic N) is 1. The lowest BCUT2D eigenvalue weighted by Crippen LogP contribution is -2.49. The van der Waals surface area contributed by atoms with E-state index >= 15 is 0 Å². The van der Waals surface area contributed by atoms with Gasteiger partial charge in [0, 0.05) is 35.6 Å². The van der Waals surface area contributed by atoms with Gasteiger partial charge in [-0.3, -0.25) is 9.59 Å². The summed E-state index contributed by atoms with van der Waals surface area (Å²) in [6, 6.07) is 12.1. The molecule has 1 aromatic heterocycles. The predicted octanol–water partition coefficient (Wildman–Crippen LogP) is 3.10. The molecule has 28 heavy (non-hydrogen) atoms. The number of methoxy groups -OCH3 is 2. The number of amides is 2. The summed E-state index contributed by atoms with van der Waals surface area (Å²) in [6.07, 6.45) is 2.23. The lowest BCUT2D eigenvalue weighted by atomic mass is 9.99. The largest absolute Gasteiger partial charge is 0.497 e. The van der Waals surface area contributed by atoms with Gasteiger partial charge in [0.25, 0.3) is 5.91 Å². The Morgan fingerprint density at radius 2 is 2.00 bits per heavy atom. The molecule has 0 spiro atoms. The summed E-state index contributed by atoms with van der Waals surface area (Å²) in [5.41, 5.74) is 2.17. The molecule has 0 saturated carbocycles. The van der Waals surface area contributed by atoms with Crippen LogP contribution in [0.4, 0.5) is 5.69 Å². The summed E-state index contributed by atoms with van der Waals surface area (Å²) in [7, 11) is 3.14. The van der Waals surface area contributed by atoms with Crippen molar-refractivity contribution in [2.24, 2.45) is 0 Å². The number of likely N-dealkylation sites (tertiary alicyclic amines) is 1. The zero-order chi connectivity index (χ0) is 19.7. The van der Waals surface area contributed by atoms with E-state index in [1.807, 2.05) is 30.3 Å². The molecule has 2 heterocycles. The third-order valence-electron chi connectivity index (χ3n) is 5.03. The topological polar surface area (TPSA) is 83.7 Å². The molecular formula is C21H21N3O4. The van der Waals surface area contributed by atoms with Crippen molar-refractivity contribution in [2.75, 3.05) is 26.1 Å². The van der Waals surface area contributed by atoms with Crippen molar-refractivity contribution in [1.82, 2.24) is 9.88 Å². The number of ether oxygens (including phenoxy) is 2. The Labute approximate surface area is 162 Å². The molecule has 3 aromatic rings. The first-order chi connectivity index (χ1) is 13.6.